The molecule has 4 nitrogen and oxygen atoms in total. The molecule has 0 aromatic heterocycles. The third kappa shape index (κ3) is 5.14. The van der Waals surface area contributed by atoms with Gasteiger partial charge in [-0.15, -0.1) is 0 Å². The lowest BCUT2D eigenvalue weighted by atomic mass is 10.1. The van der Waals surface area contributed by atoms with E-state index in [0.29, 0.717) is 6.61 Å². The molecule has 0 aliphatic carbocycles. The number of ether oxygens (including phenoxy) is 1. The summed E-state index contributed by atoms with van der Waals surface area (Å²) in [4.78, 5) is 20.7. The molecule has 0 unspecified atom stereocenters. The van der Waals surface area contributed by atoms with Crippen LogP contribution in [0.5, 0.6) is 0 Å². The number of rotatable bonds is 6. The van der Waals surface area contributed by atoms with Gasteiger partial charge in [-0.3, -0.25) is 4.79 Å². The maximum absolute atomic E-state index is 10.9. The van der Waals surface area contributed by atoms with E-state index in [-0.39, 0.29) is 6.54 Å². The van der Waals surface area contributed by atoms with Gasteiger partial charge in [-0.25, -0.2) is 4.79 Å². The van der Waals surface area contributed by atoms with E-state index >= 15 is 0 Å². The average Bonchev–Trinajstić information content (AvgIpc) is 2.33. The molecule has 1 radical (unpaired) electrons. The third-order valence-electron chi connectivity index (χ3n) is 1.99. The van der Waals surface area contributed by atoms with Gasteiger partial charge in [-0.05, 0) is 18.4 Å². The van der Waals surface area contributed by atoms with Crippen LogP contribution in [0.25, 0.3) is 0 Å². The highest BCUT2D eigenvalue weighted by molar-refractivity contribution is 5.70. The summed E-state index contributed by atoms with van der Waals surface area (Å²) in [6.45, 7) is 0.219. The van der Waals surface area contributed by atoms with Gasteiger partial charge in [0.25, 0.3) is 0 Å². The highest BCUT2D eigenvalue weighted by Gasteiger charge is 2.00. The van der Waals surface area contributed by atoms with E-state index < -0.39 is 6.09 Å². The molecular formula is C12H14NO3. The van der Waals surface area contributed by atoms with E-state index in [9.17, 15) is 9.59 Å². The summed E-state index contributed by atoms with van der Waals surface area (Å²) >= 11 is 0. The summed E-state index contributed by atoms with van der Waals surface area (Å²) in [6, 6.07) is 9.97. The van der Waals surface area contributed by atoms with Gasteiger partial charge in [0, 0.05) is 0 Å². The zero-order valence-corrected chi connectivity index (χ0v) is 8.94. The molecule has 4 heteroatoms. The second-order valence-electron chi connectivity index (χ2n) is 3.22. The van der Waals surface area contributed by atoms with Gasteiger partial charge in [-0.2, -0.15) is 0 Å². The first-order chi connectivity index (χ1) is 7.83. The molecular weight excluding hydrogens is 206 g/mol. The Morgan fingerprint density at radius 1 is 1.31 bits per heavy atom. The second-order valence-corrected chi connectivity index (χ2v) is 3.22. The number of hydrogen-bond acceptors (Lipinski definition) is 3. The number of nitrogens with one attached hydrogen (secondary N) is 1. The Kier molecular flexibility index (Phi) is 5.70. The molecule has 0 atom stereocenters. The summed E-state index contributed by atoms with van der Waals surface area (Å²) < 4.78 is 4.84. The quantitative estimate of drug-likeness (QED) is 0.738. The molecule has 1 N–H and O–H groups in total. The standard InChI is InChI=1S/C12H14NO3/c14-9-8-13-12(15)16-10-4-7-11-5-2-1-3-6-11/h1-3,5-6H,4,7-8,10H2,(H,13,15). The molecule has 1 rings (SSSR count). The van der Waals surface area contributed by atoms with Gasteiger partial charge in [0.2, 0.25) is 6.29 Å². The number of hydrogen-bond donors (Lipinski definition) is 1. The van der Waals surface area contributed by atoms with Crippen molar-refractivity contribution >= 4 is 12.4 Å². The minimum absolute atomic E-state index is 0.127. The van der Waals surface area contributed by atoms with Gasteiger partial charge in [0.1, 0.15) is 0 Å². The van der Waals surface area contributed by atoms with Crippen molar-refractivity contribution in [3.8, 4) is 0 Å². The summed E-state index contributed by atoms with van der Waals surface area (Å²) in [6.07, 6.45) is 2.62. The summed E-state index contributed by atoms with van der Waals surface area (Å²) in [5.74, 6) is 0. The van der Waals surface area contributed by atoms with Gasteiger partial charge < -0.3 is 10.1 Å². The first-order valence-corrected chi connectivity index (χ1v) is 5.12. The lowest BCUT2D eigenvalue weighted by Crippen LogP contribution is -2.26. The van der Waals surface area contributed by atoms with Crippen LogP contribution in [0.15, 0.2) is 30.3 Å². The fraction of sp³-hybridized carbons (Fsp3) is 0.333. The number of aryl methyl sites for hydroxylation is 1. The van der Waals surface area contributed by atoms with Crippen molar-refractivity contribution in [2.45, 2.75) is 12.8 Å². The van der Waals surface area contributed by atoms with Gasteiger partial charge in [-0.1, -0.05) is 30.3 Å². The number of carbonyl (C=O) groups excluding carboxylic acids is 2. The average molecular weight is 220 g/mol. The highest BCUT2D eigenvalue weighted by Crippen LogP contribution is 2.02. The first-order valence-electron chi connectivity index (χ1n) is 5.12. The molecule has 1 amide bonds. The van der Waals surface area contributed by atoms with E-state index in [0.717, 1.165) is 12.8 Å². The maximum atomic E-state index is 10.9. The van der Waals surface area contributed by atoms with E-state index in [2.05, 4.69) is 5.32 Å². The van der Waals surface area contributed by atoms with Crippen LogP contribution >= 0.6 is 0 Å². The van der Waals surface area contributed by atoms with E-state index in [1.807, 2.05) is 30.3 Å². The Morgan fingerprint density at radius 2 is 2.06 bits per heavy atom. The second kappa shape index (κ2) is 7.45. The molecule has 0 saturated carbocycles. The van der Waals surface area contributed by atoms with Crippen molar-refractivity contribution < 1.29 is 14.3 Å². The third-order valence-corrected chi connectivity index (χ3v) is 1.99. The molecule has 0 spiro atoms. The molecule has 16 heavy (non-hydrogen) atoms. The lowest BCUT2D eigenvalue weighted by molar-refractivity contribution is 0.146. The monoisotopic (exact) mass is 220 g/mol. The molecule has 0 bridgehead atoms. The Hall–Kier alpha value is -1.84. The van der Waals surface area contributed by atoms with Crippen molar-refractivity contribution in [3.05, 3.63) is 35.9 Å². The van der Waals surface area contributed by atoms with Crippen molar-refractivity contribution in [1.29, 1.82) is 0 Å². The molecule has 0 aliphatic heterocycles. The SMILES string of the molecule is O=[C]CNC(=O)OCCCc1ccccc1. The zero-order valence-electron chi connectivity index (χ0n) is 8.94. The van der Waals surface area contributed by atoms with Crippen molar-refractivity contribution in [2.75, 3.05) is 13.2 Å². The minimum Gasteiger partial charge on any atom is -0.450 e. The molecule has 0 aliphatic rings. The van der Waals surface area contributed by atoms with E-state index in [1.165, 1.54) is 5.56 Å². The Bertz CT molecular complexity index is 324. The van der Waals surface area contributed by atoms with Crippen LogP contribution in [0.1, 0.15) is 12.0 Å². The largest absolute Gasteiger partial charge is 0.450 e. The van der Waals surface area contributed by atoms with Crippen LogP contribution in [0, 0.1) is 0 Å². The van der Waals surface area contributed by atoms with Crippen molar-refractivity contribution in [2.24, 2.45) is 0 Å². The zero-order chi connectivity index (χ0) is 11.6. The Balaban J connectivity index is 2.08. The summed E-state index contributed by atoms with van der Waals surface area (Å²) in [5, 5.41) is 2.25. The van der Waals surface area contributed by atoms with Crippen LogP contribution in [0.2, 0.25) is 0 Å². The maximum Gasteiger partial charge on any atom is 0.407 e. The molecule has 1 aromatic carbocycles. The number of carbonyl (C=O) groups is 1. The number of benzene rings is 1. The van der Waals surface area contributed by atoms with Crippen LogP contribution in [0.3, 0.4) is 0 Å². The van der Waals surface area contributed by atoms with Gasteiger partial charge >= 0.3 is 6.09 Å². The Labute approximate surface area is 94.6 Å². The molecule has 0 heterocycles. The number of amides is 1. The number of alkyl carbamates (subject to hydrolysis) is 1. The molecule has 0 fully saturated rings. The van der Waals surface area contributed by atoms with E-state index in [1.54, 1.807) is 6.29 Å². The van der Waals surface area contributed by atoms with E-state index in [4.69, 9.17) is 4.74 Å². The van der Waals surface area contributed by atoms with Crippen LogP contribution in [-0.4, -0.2) is 25.5 Å². The normalized spacial score (nSPS) is 9.50. The van der Waals surface area contributed by atoms with Gasteiger partial charge in [0.05, 0.1) is 13.2 Å². The summed E-state index contributed by atoms with van der Waals surface area (Å²) in [5.41, 5.74) is 1.22. The fourth-order valence-electron chi connectivity index (χ4n) is 1.25. The summed E-state index contributed by atoms with van der Waals surface area (Å²) in [7, 11) is 0. The topological polar surface area (TPSA) is 55.4 Å². The smallest absolute Gasteiger partial charge is 0.407 e. The molecule has 0 saturated heterocycles. The Morgan fingerprint density at radius 3 is 2.75 bits per heavy atom. The fourth-order valence-corrected chi connectivity index (χ4v) is 1.25. The predicted molar refractivity (Wildman–Crippen MR) is 59.8 cm³/mol. The minimum atomic E-state index is -0.573. The van der Waals surface area contributed by atoms with Crippen LogP contribution < -0.4 is 5.32 Å². The van der Waals surface area contributed by atoms with Crippen LogP contribution in [0.4, 0.5) is 4.79 Å². The predicted octanol–water partition coefficient (Wildman–Crippen LogP) is 1.46. The van der Waals surface area contributed by atoms with Gasteiger partial charge in [0.15, 0.2) is 0 Å². The highest BCUT2D eigenvalue weighted by atomic mass is 16.5. The van der Waals surface area contributed by atoms with Crippen LogP contribution in [-0.2, 0) is 16.0 Å². The molecule has 1 aromatic rings. The van der Waals surface area contributed by atoms with Crippen molar-refractivity contribution in [3.63, 3.8) is 0 Å². The lowest BCUT2D eigenvalue weighted by Gasteiger charge is -2.04. The van der Waals surface area contributed by atoms with Crippen molar-refractivity contribution in [1.82, 2.24) is 5.32 Å². The first kappa shape index (κ1) is 12.2. The molecule has 85 valence electrons.